The fourth-order valence-electron chi connectivity index (χ4n) is 4.60. The Hall–Kier alpha value is -3.27. The number of methoxy groups -OCH3 is 1. The van der Waals surface area contributed by atoms with Crippen molar-refractivity contribution in [1.82, 2.24) is 14.9 Å². The first-order valence-corrected chi connectivity index (χ1v) is 11.9. The van der Waals surface area contributed by atoms with Crippen LogP contribution >= 0.6 is 0 Å². The van der Waals surface area contributed by atoms with Gasteiger partial charge >= 0.3 is 6.18 Å². The number of halogens is 3. The second-order valence-electron chi connectivity index (χ2n) is 9.45. The number of nitrogens with zero attached hydrogens (tertiary/aromatic N) is 3. The second-order valence-corrected chi connectivity index (χ2v) is 9.45. The van der Waals surface area contributed by atoms with E-state index in [4.69, 9.17) is 15.2 Å². The van der Waals surface area contributed by atoms with Crippen LogP contribution in [0.25, 0.3) is 10.9 Å². The van der Waals surface area contributed by atoms with Gasteiger partial charge in [0, 0.05) is 29.2 Å². The smallest absolute Gasteiger partial charge is 0.416 e. The van der Waals surface area contributed by atoms with Gasteiger partial charge in [0.05, 0.1) is 24.2 Å². The SMILES string of the molecule is COc1cc2nc(C)nc(N[C@H](C)c3cc(N)cc(C(F)(F)F)c3)c2cc1OC[C@@H]1CC[C@@H](C)N1C. The molecule has 0 aliphatic carbocycles. The number of alkyl halides is 3. The molecule has 1 saturated heterocycles. The van der Waals surface area contributed by atoms with Gasteiger partial charge in [-0.25, -0.2) is 9.97 Å². The normalized spacial score (nSPS) is 19.4. The molecule has 0 bridgehead atoms. The molecule has 0 spiro atoms. The quantitative estimate of drug-likeness (QED) is 0.407. The molecule has 194 valence electrons. The minimum atomic E-state index is -4.49. The molecule has 1 aromatic heterocycles. The summed E-state index contributed by atoms with van der Waals surface area (Å²) in [4.78, 5) is 11.4. The molecule has 36 heavy (non-hydrogen) atoms. The Labute approximate surface area is 208 Å². The number of aromatic nitrogens is 2. The number of nitrogens with two attached hydrogens (primary N) is 1. The lowest BCUT2D eigenvalue weighted by Gasteiger charge is -2.24. The lowest BCUT2D eigenvalue weighted by molar-refractivity contribution is -0.137. The molecule has 10 heteroatoms. The van der Waals surface area contributed by atoms with Crippen LogP contribution in [-0.4, -0.2) is 47.7 Å². The summed E-state index contributed by atoms with van der Waals surface area (Å²) in [5, 5.41) is 3.92. The first-order valence-electron chi connectivity index (χ1n) is 11.9. The van der Waals surface area contributed by atoms with Gasteiger partial charge in [-0.05, 0) is 70.5 Å². The Morgan fingerprint density at radius 3 is 2.53 bits per heavy atom. The molecule has 3 N–H and O–H groups in total. The van der Waals surface area contributed by atoms with Gasteiger partial charge in [-0.1, -0.05) is 0 Å². The zero-order chi connectivity index (χ0) is 26.2. The number of aryl methyl sites for hydroxylation is 1. The summed E-state index contributed by atoms with van der Waals surface area (Å²) in [6, 6.07) is 7.47. The molecule has 0 unspecified atom stereocenters. The van der Waals surface area contributed by atoms with E-state index in [1.165, 1.54) is 6.07 Å². The maximum absolute atomic E-state index is 13.3. The molecule has 0 radical (unpaired) electrons. The summed E-state index contributed by atoms with van der Waals surface area (Å²) in [5.41, 5.74) is 6.06. The van der Waals surface area contributed by atoms with Crippen LogP contribution in [0.15, 0.2) is 30.3 Å². The van der Waals surface area contributed by atoms with Crippen LogP contribution in [0.1, 0.15) is 49.7 Å². The van der Waals surface area contributed by atoms with Crippen molar-refractivity contribution in [2.45, 2.75) is 57.9 Å². The Kier molecular flexibility index (Phi) is 7.17. The molecule has 1 fully saturated rings. The highest BCUT2D eigenvalue weighted by Gasteiger charge is 2.32. The summed E-state index contributed by atoms with van der Waals surface area (Å²) in [6.45, 7) is 6.23. The molecule has 3 aromatic rings. The standard InChI is InChI=1S/C26H32F3N5O2/c1-14-6-7-20(34(14)4)13-36-24-11-21-22(12-23(24)35-5)32-16(3)33-25(21)31-15(2)17-8-18(26(27,28)29)10-19(30)9-17/h8-12,14-15,20H,6-7,13,30H2,1-5H3,(H,31,32,33)/t14-,15-,20+/m1/s1. The highest BCUT2D eigenvalue weighted by molar-refractivity contribution is 5.92. The van der Waals surface area contributed by atoms with Crippen LogP contribution in [0.3, 0.4) is 0 Å². The Morgan fingerprint density at radius 2 is 1.89 bits per heavy atom. The van der Waals surface area contributed by atoms with E-state index >= 15 is 0 Å². The molecule has 1 aliphatic heterocycles. The van der Waals surface area contributed by atoms with Gasteiger partial charge in [-0.15, -0.1) is 0 Å². The van der Waals surface area contributed by atoms with Gasteiger partial charge in [0.2, 0.25) is 0 Å². The van der Waals surface area contributed by atoms with Crippen molar-refractivity contribution >= 4 is 22.4 Å². The first kappa shape index (κ1) is 25.8. The van der Waals surface area contributed by atoms with Crippen LogP contribution in [0, 0.1) is 6.92 Å². The molecule has 0 amide bonds. The second kappa shape index (κ2) is 10.0. The van der Waals surface area contributed by atoms with Crippen molar-refractivity contribution in [2.24, 2.45) is 0 Å². The Balaban J connectivity index is 1.66. The van der Waals surface area contributed by atoms with Gasteiger partial charge in [-0.3, -0.25) is 4.90 Å². The van der Waals surface area contributed by atoms with Crippen molar-refractivity contribution in [3.05, 3.63) is 47.3 Å². The molecular weight excluding hydrogens is 471 g/mol. The number of hydrogen-bond acceptors (Lipinski definition) is 7. The van der Waals surface area contributed by atoms with Gasteiger partial charge in [-0.2, -0.15) is 13.2 Å². The summed E-state index contributed by atoms with van der Waals surface area (Å²) >= 11 is 0. The molecule has 7 nitrogen and oxygen atoms in total. The van der Waals surface area contributed by atoms with Crippen LogP contribution < -0.4 is 20.5 Å². The number of nitrogens with one attached hydrogen (secondary N) is 1. The number of nitrogen functional groups attached to an aromatic ring is 1. The topological polar surface area (TPSA) is 85.5 Å². The fraction of sp³-hybridized carbons (Fsp3) is 0.462. The number of hydrogen-bond donors (Lipinski definition) is 2. The molecule has 2 heterocycles. The number of rotatable bonds is 7. The number of benzene rings is 2. The number of ether oxygens (including phenoxy) is 2. The van der Waals surface area contributed by atoms with E-state index < -0.39 is 17.8 Å². The zero-order valence-corrected chi connectivity index (χ0v) is 21.1. The summed E-state index contributed by atoms with van der Waals surface area (Å²) < 4.78 is 51.7. The molecule has 3 atom stereocenters. The Bertz CT molecular complexity index is 1250. The van der Waals surface area contributed by atoms with E-state index in [0.29, 0.717) is 58.3 Å². The highest BCUT2D eigenvalue weighted by atomic mass is 19.4. The predicted octanol–water partition coefficient (Wildman–Crippen LogP) is 5.58. The summed E-state index contributed by atoms with van der Waals surface area (Å²) in [7, 11) is 3.68. The molecule has 4 rings (SSSR count). The molecule has 1 aliphatic rings. The average Bonchev–Trinajstić information content (AvgIpc) is 3.13. The van der Waals surface area contributed by atoms with E-state index in [9.17, 15) is 13.2 Å². The number of fused-ring (bicyclic) bond motifs is 1. The molecular formula is C26H32F3N5O2. The average molecular weight is 504 g/mol. The van der Waals surface area contributed by atoms with Crippen molar-refractivity contribution in [2.75, 3.05) is 31.8 Å². The third-order valence-electron chi connectivity index (χ3n) is 6.87. The van der Waals surface area contributed by atoms with Gasteiger partial charge in [0.15, 0.2) is 11.5 Å². The number of likely N-dealkylation sites (tertiary alicyclic amines) is 1. The first-order chi connectivity index (χ1) is 17.0. The van der Waals surface area contributed by atoms with Gasteiger partial charge in [0.25, 0.3) is 0 Å². The van der Waals surface area contributed by atoms with E-state index in [0.717, 1.165) is 25.0 Å². The van der Waals surface area contributed by atoms with E-state index in [-0.39, 0.29) is 5.69 Å². The fourth-order valence-corrected chi connectivity index (χ4v) is 4.60. The number of anilines is 2. The zero-order valence-electron chi connectivity index (χ0n) is 21.1. The third kappa shape index (κ3) is 5.43. The maximum atomic E-state index is 13.3. The van der Waals surface area contributed by atoms with E-state index in [2.05, 4.69) is 34.2 Å². The van der Waals surface area contributed by atoms with E-state index in [1.54, 1.807) is 27.0 Å². The van der Waals surface area contributed by atoms with Crippen LogP contribution in [-0.2, 0) is 6.18 Å². The third-order valence-corrected chi connectivity index (χ3v) is 6.87. The predicted molar refractivity (Wildman–Crippen MR) is 134 cm³/mol. The van der Waals surface area contributed by atoms with Crippen molar-refractivity contribution < 1.29 is 22.6 Å². The van der Waals surface area contributed by atoms with Crippen LogP contribution in [0.2, 0.25) is 0 Å². The number of likely N-dealkylation sites (N-methyl/N-ethyl adjacent to an activating group) is 1. The Morgan fingerprint density at radius 1 is 1.14 bits per heavy atom. The molecule has 0 saturated carbocycles. The maximum Gasteiger partial charge on any atom is 0.416 e. The lowest BCUT2D eigenvalue weighted by Crippen LogP contribution is -2.34. The molecule has 2 aromatic carbocycles. The largest absolute Gasteiger partial charge is 0.493 e. The minimum absolute atomic E-state index is 0.0452. The van der Waals surface area contributed by atoms with Crippen molar-refractivity contribution in [3.8, 4) is 11.5 Å². The summed E-state index contributed by atoms with van der Waals surface area (Å²) in [5.74, 6) is 2.11. The van der Waals surface area contributed by atoms with Crippen molar-refractivity contribution in [3.63, 3.8) is 0 Å². The van der Waals surface area contributed by atoms with E-state index in [1.807, 2.05) is 6.07 Å². The van der Waals surface area contributed by atoms with Crippen LogP contribution in [0.4, 0.5) is 24.7 Å². The van der Waals surface area contributed by atoms with Gasteiger partial charge in [0.1, 0.15) is 18.2 Å². The monoisotopic (exact) mass is 503 g/mol. The van der Waals surface area contributed by atoms with Crippen molar-refractivity contribution in [1.29, 1.82) is 0 Å². The van der Waals surface area contributed by atoms with Crippen LogP contribution in [0.5, 0.6) is 11.5 Å². The lowest BCUT2D eigenvalue weighted by atomic mass is 10.0. The minimum Gasteiger partial charge on any atom is -0.493 e. The van der Waals surface area contributed by atoms with Gasteiger partial charge < -0.3 is 20.5 Å². The summed E-state index contributed by atoms with van der Waals surface area (Å²) in [6.07, 6.45) is -2.31. The highest BCUT2D eigenvalue weighted by Crippen LogP contribution is 2.37.